The second kappa shape index (κ2) is 6.89. The van der Waals surface area contributed by atoms with Crippen LogP contribution in [0.4, 0.5) is 0 Å². The molecule has 1 N–H and O–H groups in total. The molecule has 2 rings (SSSR count). The highest BCUT2D eigenvalue weighted by molar-refractivity contribution is 7.99. The second-order valence-electron chi connectivity index (χ2n) is 4.44. The average Bonchev–Trinajstić information content (AvgIpc) is 2.29. The van der Waals surface area contributed by atoms with Gasteiger partial charge in [-0.1, -0.05) is 23.2 Å². The monoisotopic (exact) mass is 289 g/mol. The van der Waals surface area contributed by atoms with E-state index in [2.05, 4.69) is 5.32 Å². The predicted octanol–water partition coefficient (Wildman–Crippen LogP) is 4.48. The zero-order valence-corrected chi connectivity index (χ0v) is 12.0. The molecule has 17 heavy (non-hydrogen) atoms. The molecule has 0 aromatic heterocycles. The van der Waals surface area contributed by atoms with Crippen LogP contribution in [0.25, 0.3) is 0 Å². The molecule has 4 heteroatoms. The number of hydrogen-bond acceptors (Lipinski definition) is 2. The zero-order valence-electron chi connectivity index (χ0n) is 9.72. The highest BCUT2D eigenvalue weighted by Gasteiger charge is 2.12. The molecule has 0 radical (unpaired) electrons. The van der Waals surface area contributed by atoms with Gasteiger partial charge >= 0.3 is 0 Å². The Kier molecular flexibility index (Phi) is 5.49. The van der Waals surface area contributed by atoms with Crippen LogP contribution < -0.4 is 5.32 Å². The molecule has 1 saturated heterocycles. The maximum atomic E-state index is 5.97. The van der Waals surface area contributed by atoms with Crippen molar-refractivity contribution in [2.24, 2.45) is 5.92 Å². The summed E-state index contributed by atoms with van der Waals surface area (Å²) in [6.07, 6.45) is 3.92. The van der Waals surface area contributed by atoms with Crippen LogP contribution in [-0.4, -0.2) is 18.8 Å². The fraction of sp³-hybridized carbons (Fsp3) is 0.538. The lowest BCUT2D eigenvalue weighted by Crippen LogP contribution is -2.27. The second-order valence-corrected chi connectivity index (χ2v) is 6.48. The molecule has 1 heterocycles. The minimum atomic E-state index is 0.724. The number of benzene rings is 1. The van der Waals surface area contributed by atoms with Gasteiger partial charge in [0.05, 0.1) is 0 Å². The van der Waals surface area contributed by atoms with Crippen LogP contribution in [0.3, 0.4) is 0 Å². The summed E-state index contributed by atoms with van der Waals surface area (Å²) in [5.74, 6) is 2.04. The summed E-state index contributed by atoms with van der Waals surface area (Å²) in [5.41, 5.74) is 0. The molecule has 1 nitrogen and oxygen atoms in total. The molecule has 1 fully saturated rings. The number of halogens is 2. The third kappa shape index (κ3) is 4.70. The Hall–Kier alpha value is 0.110. The van der Waals surface area contributed by atoms with E-state index in [-0.39, 0.29) is 0 Å². The number of nitrogens with one attached hydrogen (secondary N) is 1. The topological polar surface area (TPSA) is 12.0 Å². The van der Waals surface area contributed by atoms with Crippen molar-refractivity contribution >= 4 is 35.0 Å². The standard InChI is InChI=1S/C13H17Cl2NS/c14-11-7-12(15)9-13(8-11)17-6-3-10-1-4-16-5-2-10/h7-10,16H,1-6H2. The molecule has 0 unspecified atom stereocenters. The van der Waals surface area contributed by atoms with Gasteiger partial charge in [-0.2, -0.15) is 0 Å². The van der Waals surface area contributed by atoms with Crippen molar-refractivity contribution in [2.75, 3.05) is 18.8 Å². The van der Waals surface area contributed by atoms with Gasteiger partial charge in [0.15, 0.2) is 0 Å². The van der Waals surface area contributed by atoms with Crippen LogP contribution >= 0.6 is 35.0 Å². The fourth-order valence-electron chi connectivity index (χ4n) is 2.13. The summed E-state index contributed by atoms with van der Waals surface area (Å²) in [7, 11) is 0. The van der Waals surface area contributed by atoms with Crippen LogP contribution in [0.2, 0.25) is 10.0 Å². The van der Waals surface area contributed by atoms with Crippen LogP contribution in [-0.2, 0) is 0 Å². The molecule has 0 atom stereocenters. The smallest absolute Gasteiger partial charge is 0.0431 e. The first-order valence-electron chi connectivity index (χ1n) is 6.03. The first-order valence-corrected chi connectivity index (χ1v) is 7.78. The minimum Gasteiger partial charge on any atom is -0.317 e. The first kappa shape index (κ1) is 13.5. The Bertz CT molecular complexity index is 344. The average molecular weight is 290 g/mol. The summed E-state index contributed by atoms with van der Waals surface area (Å²) in [4.78, 5) is 1.18. The maximum Gasteiger partial charge on any atom is 0.0431 e. The van der Waals surface area contributed by atoms with E-state index in [0.717, 1.165) is 21.7 Å². The van der Waals surface area contributed by atoms with Crippen molar-refractivity contribution in [2.45, 2.75) is 24.2 Å². The van der Waals surface area contributed by atoms with Crippen molar-refractivity contribution in [1.82, 2.24) is 5.32 Å². The Morgan fingerprint density at radius 1 is 1.12 bits per heavy atom. The minimum absolute atomic E-state index is 0.724. The molecule has 1 aliphatic heterocycles. The summed E-state index contributed by atoms with van der Waals surface area (Å²) >= 11 is 13.8. The summed E-state index contributed by atoms with van der Waals surface area (Å²) < 4.78 is 0. The van der Waals surface area contributed by atoms with Crippen molar-refractivity contribution in [3.63, 3.8) is 0 Å². The van der Waals surface area contributed by atoms with E-state index in [1.165, 1.54) is 37.2 Å². The molecule has 0 amide bonds. The van der Waals surface area contributed by atoms with Crippen LogP contribution in [0.5, 0.6) is 0 Å². The lowest BCUT2D eigenvalue weighted by atomic mass is 9.96. The van der Waals surface area contributed by atoms with Crippen LogP contribution in [0.15, 0.2) is 23.1 Å². The molecule has 0 spiro atoms. The quantitative estimate of drug-likeness (QED) is 0.821. The van der Waals surface area contributed by atoms with Gasteiger partial charge in [-0.15, -0.1) is 11.8 Å². The number of rotatable bonds is 4. The van der Waals surface area contributed by atoms with Gasteiger partial charge in [-0.25, -0.2) is 0 Å². The SMILES string of the molecule is Clc1cc(Cl)cc(SCCC2CCNCC2)c1. The van der Waals surface area contributed by atoms with Gasteiger partial charge in [-0.05, 0) is 62.2 Å². The lowest BCUT2D eigenvalue weighted by Gasteiger charge is -2.22. The third-order valence-corrected chi connectivity index (χ3v) is 4.53. The van der Waals surface area contributed by atoms with E-state index in [9.17, 15) is 0 Å². The Morgan fingerprint density at radius 2 is 1.76 bits per heavy atom. The van der Waals surface area contributed by atoms with Crippen molar-refractivity contribution < 1.29 is 0 Å². The van der Waals surface area contributed by atoms with E-state index in [0.29, 0.717) is 0 Å². The van der Waals surface area contributed by atoms with Gasteiger partial charge in [-0.3, -0.25) is 0 Å². The Morgan fingerprint density at radius 3 is 2.41 bits per heavy atom. The first-order chi connectivity index (χ1) is 8.24. The molecule has 0 aliphatic carbocycles. The molecule has 1 aromatic rings. The molecular weight excluding hydrogens is 273 g/mol. The summed E-state index contributed by atoms with van der Waals surface area (Å²) in [5, 5.41) is 4.84. The van der Waals surface area contributed by atoms with E-state index < -0.39 is 0 Å². The highest BCUT2D eigenvalue weighted by Crippen LogP contribution is 2.28. The molecule has 94 valence electrons. The zero-order chi connectivity index (χ0) is 12.1. The van der Waals surface area contributed by atoms with Crippen molar-refractivity contribution in [1.29, 1.82) is 0 Å². The van der Waals surface area contributed by atoms with E-state index in [1.807, 2.05) is 23.9 Å². The molecular formula is C13H17Cl2NS. The largest absolute Gasteiger partial charge is 0.317 e. The molecule has 0 saturated carbocycles. The van der Waals surface area contributed by atoms with E-state index in [1.54, 1.807) is 6.07 Å². The molecule has 0 bridgehead atoms. The number of thioether (sulfide) groups is 1. The van der Waals surface area contributed by atoms with Gasteiger partial charge in [0.25, 0.3) is 0 Å². The van der Waals surface area contributed by atoms with Crippen LogP contribution in [0, 0.1) is 5.92 Å². The third-order valence-electron chi connectivity index (χ3n) is 3.09. The normalized spacial score (nSPS) is 17.3. The molecule has 1 aromatic carbocycles. The lowest BCUT2D eigenvalue weighted by molar-refractivity contribution is 0.367. The van der Waals surface area contributed by atoms with E-state index in [4.69, 9.17) is 23.2 Å². The Balaban J connectivity index is 1.77. The van der Waals surface area contributed by atoms with Crippen molar-refractivity contribution in [3.8, 4) is 0 Å². The van der Waals surface area contributed by atoms with Gasteiger partial charge in [0.2, 0.25) is 0 Å². The van der Waals surface area contributed by atoms with Gasteiger partial charge in [0, 0.05) is 14.9 Å². The van der Waals surface area contributed by atoms with E-state index >= 15 is 0 Å². The van der Waals surface area contributed by atoms with Crippen LogP contribution in [0.1, 0.15) is 19.3 Å². The summed E-state index contributed by atoms with van der Waals surface area (Å²) in [6, 6.07) is 5.75. The summed E-state index contributed by atoms with van der Waals surface area (Å²) in [6.45, 7) is 2.36. The highest BCUT2D eigenvalue weighted by atomic mass is 35.5. The maximum absolute atomic E-state index is 5.97. The van der Waals surface area contributed by atoms with Gasteiger partial charge in [0.1, 0.15) is 0 Å². The Labute approximate surface area is 117 Å². The number of hydrogen-bond donors (Lipinski definition) is 1. The predicted molar refractivity (Wildman–Crippen MR) is 77.4 cm³/mol. The molecule has 1 aliphatic rings. The fourth-order valence-corrected chi connectivity index (χ4v) is 3.89. The number of piperidine rings is 1. The van der Waals surface area contributed by atoms with Gasteiger partial charge < -0.3 is 5.32 Å². The van der Waals surface area contributed by atoms with Crippen molar-refractivity contribution in [3.05, 3.63) is 28.2 Å².